The Bertz CT molecular complexity index is 314. The second-order valence-corrected chi connectivity index (χ2v) is 3.69. The van der Waals surface area contributed by atoms with Crippen LogP contribution in [0.5, 0.6) is 5.75 Å². The first kappa shape index (κ1) is 8.85. The van der Waals surface area contributed by atoms with E-state index in [2.05, 4.69) is 5.32 Å². The largest absolute Gasteiger partial charge is 0.492 e. The second-order valence-electron chi connectivity index (χ2n) is 3.25. The van der Waals surface area contributed by atoms with Gasteiger partial charge in [-0.1, -0.05) is 11.6 Å². The van der Waals surface area contributed by atoms with Gasteiger partial charge in [-0.3, -0.25) is 0 Å². The zero-order valence-corrected chi connectivity index (χ0v) is 8.27. The van der Waals surface area contributed by atoms with Crippen molar-refractivity contribution in [3.63, 3.8) is 0 Å². The van der Waals surface area contributed by atoms with Crippen LogP contribution in [0.4, 0.5) is 0 Å². The molecular weight excluding hydrogens is 186 g/mol. The summed E-state index contributed by atoms with van der Waals surface area (Å²) in [6, 6.07) is 6.18. The minimum atomic E-state index is 0.408. The Balaban J connectivity index is 2.27. The standard InChI is InChI=1S/C10H12ClNO/c1-12-9-5-7-4-8(11)2-3-10(7)13-6-9/h2-4,9,12H,5-6H2,1H3. The number of rotatable bonds is 1. The molecule has 1 aliphatic rings. The van der Waals surface area contributed by atoms with Crippen molar-refractivity contribution in [3.8, 4) is 5.75 Å². The normalized spacial score (nSPS) is 20.6. The third-order valence-electron chi connectivity index (χ3n) is 2.34. The molecular formula is C10H12ClNO. The SMILES string of the molecule is CNC1COc2ccc(Cl)cc2C1. The van der Waals surface area contributed by atoms with Gasteiger partial charge in [0.05, 0.1) is 0 Å². The van der Waals surface area contributed by atoms with E-state index in [0.717, 1.165) is 23.8 Å². The Morgan fingerprint density at radius 3 is 3.15 bits per heavy atom. The monoisotopic (exact) mass is 197 g/mol. The third-order valence-corrected chi connectivity index (χ3v) is 2.57. The molecule has 1 aromatic carbocycles. The van der Waals surface area contributed by atoms with Crippen molar-refractivity contribution in [2.45, 2.75) is 12.5 Å². The van der Waals surface area contributed by atoms with Crippen LogP contribution in [0.15, 0.2) is 18.2 Å². The fourth-order valence-electron chi connectivity index (χ4n) is 1.55. The maximum atomic E-state index is 5.89. The number of ether oxygens (including phenoxy) is 1. The summed E-state index contributed by atoms with van der Waals surface area (Å²) >= 11 is 5.89. The molecule has 1 aliphatic heterocycles. The molecule has 0 fully saturated rings. The van der Waals surface area contributed by atoms with Crippen LogP contribution in [-0.2, 0) is 6.42 Å². The fourth-order valence-corrected chi connectivity index (χ4v) is 1.74. The molecule has 0 amide bonds. The summed E-state index contributed by atoms with van der Waals surface area (Å²) in [6.07, 6.45) is 0.992. The molecule has 0 spiro atoms. The van der Waals surface area contributed by atoms with Gasteiger partial charge in [-0.2, -0.15) is 0 Å². The van der Waals surface area contributed by atoms with E-state index in [1.54, 1.807) is 0 Å². The van der Waals surface area contributed by atoms with E-state index in [1.807, 2.05) is 25.2 Å². The van der Waals surface area contributed by atoms with E-state index in [9.17, 15) is 0 Å². The van der Waals surface area contributed by atoms with Crippen LogP contribution in [-0.4, -0.2) is 19.7 Å². The van der Waals surface area contributed by atoms with Gasteiger partial charge in [0.1, 0.15) is 12.4 Å². The highest BCUT2D eigenvalue weighted by Crippen LogP contribution is 2.27. The second kappa shape index (κ2) is 3.56. The van der Waals surface area contributed by atoms with Crippen LogP contribution in [0.3, 0.4) is 0 Å². The first-order valence-corrected chi connectivity index (χ1v) is 4.76. The number of hydrogen-bond acceptors (Lipinski definition) is 2. The highest BCUT2D eigenvalue weighted by molar-refractivity contribution is 6.30. The molecule has 0 saturated heterocycles. The predicted octanol–water partition coefficient (Wildman–Crippen LogP) is 1.86. The van der Waals surface area contributed by atoms with Crippen LogP contribution in [0.1, 0.15) is 5.56 Å². The summed E-state index contributed by atoms with van der Waals surface area (Å²) in [7, 11) is 1.95. The number of likely N-dealkylation sites (N-methyl/N-ethyl adjacent to an activating group) is 1. The molecule has 0 aliphatic carbocycles. The summed E-state index contributed by atoms with van der Waals surface area (Å²) < 4.78 is 5.56. The predicted molar refractivity (Wildman–Crippen MR) is 53.5 cm³/mol. The van der Waals surface area contributed by atoms with E-state index in [0.29, 0.717) is 6.04 Å². The Labute approximate surface area is 82.9 Å². The molecule has 2 rings (SSSR count). The van der Waals surface area contributed by atoms with Gasteiger partial charge < -0.3 is 10.1 Å². The Morgan fingerprint density at radius 1 is 1.54 bits per heavy atom. The maximum absolute atomic E-state index is 5.89. The van der Waals surface area contributed by atoms with Crippen molar-refractivity contribution in [2.75, 3.05) is 13.7 Å². The minimum absolute atomic E-state index is 0.408. The van der Waals surface area contributed by atoms with E-state index in [-0.39, 0.29) is 0 Å². The molecule has 1 aromatic rings. The van der Waals surface area contributed by atoms with E-state index in [1.165, 1.54) is 5.56 Å². The molecule has 1 N–H and O–H groups in total. The smallest absolute Gasteiger partial charge is 0.122 e. The lowest BCUT2D eigenvalue weighted by Gasteiger charge is -2.24. The molecule has 2 nitrogen and oxygen atoms in total. The topological polar surface area (TPSA) is 21.3 Å². The van der Waals surface area contributed by atoms with Gasteiger partial charge in [0.2, 0.25) is 0 Å². The van der Waals surface area contributed by atoms with Crippen molar-refractivity contribution < 1.29 is 4.74 Å². The van der Waals surface area contributed by atoms with Crippen molar-refractivity contribution >= 4 is 11.6 Å². The van der Waals surface area contributed by atoms with Gasteiger partial charge in [0.25, 0.3) is 0 Å². The quantitative estimate of drug-likeness (QED) is 0.742. The average Bonchev–Trinajstić information content (AvgIpc) is 2.16. The van der Waals surface area contributed by atoms with Crippen molar-refractivity contribution in [1.82, 2.24) is 5.32 Å². The summed E-state index contributed by atoms with van der Waals surface area (Å²) in [5.74, 6) is 0.968. The fraction of sp³-hybridized carbons (Fsp3) is 0.400. The summed E-state index contributed by atoms with van der Waals surface area (Å²) in [6.45, 7) is 0.741. The van der Waals surface area contributed by atoms with Gasteiger partial charge in [0.15, 0.2) is 0 Å². The van der Waals surface area contributed by atoms with Gasteiger partial charge in [-0.25, -0.2) is 0 Å². The number of hydrogen-bond donors (Lipinski definition) is 1. The van der Waals surface area contributed by atoms with E-state index < -0.39 is 0 Å². The lowest BCUT2D eigenvalue weighted by molar-refractivity contribution is 0.245. The van der Waals surface area contributed by atoms with E-state index >= 15 is 0 Å². The van der Waals surface area contributed by atoms with E-state index in [4.69, 9.17) is 16.3 Å². The lowest BCUT2D eigenvalue weighted by atomic mass is 10.0. The summed E-state index contributed by atoms with van der Waals surface area (Å²) in [5.41, 5.74) is 1.19. The van der Waals surface area contributed by atoms with Crippen molar-refractivity contribution in [2.24, 2.45) is 0 Å². The molecule has 3 heteroatoms. The lowest BCUT2D eigenvalue weighted by Crippen LogP contribution is -2.36. The molecule has 1 heterocycles. The van der Waals surface area contributed by atoms with Gasteiger partial charge in [0, 0.05) is 11.1 Å². The molecule has 0 radical (unpaired) electrons. The average molecular weight is 198 g/mol. The Hall–Kier alpha value is -0.730. The number of nitrogens with one attached hydrogen (secondary N) is 1. The van der Waals surface area contributed by atoms with Crippen LogP contribution in [0, 0.1) is 0 Å². The van der Waals surface area contributed by atoms with Crippen LogP contribution in [0.25, 0.3) is 0 Å². The van der Waals surface area contributed by atoms with Gasteiger partial charge in [-0.05, 0) is 37.2 Å². The van der Waals surface area contributed by atoms with Crippen LogP contribution in [0.2, 0.25) is 5.02 Å². The first-order chi connectivity index (χ1) is 6.29. The molecule has 13 heavy (non-hydrogen) atoms. The molecule has 1 atom stereocenters. The highest BCUT2D eigenvalue weighted by Gasteiger charge is 2.17. The molecule has 0 aromatic heterocycles. The van der Waals surface area contributed by atoms with Crippen molar-refractivity contribution in [3.05, 3.63) is 28.8 Å². The maximum Gasteiger partial charge on any atom is 0.122 e. The minimum Gasteiger partial charge on any atom is -0.492 e. The summed E-state index contributed by atoms with van der Waals surface area (Å²) in [5, 5.41) is 3.97. The van der Waals surface area contributed by atoms with Crippen LogP contribution < -0.4 is 10.1 Å². The molecule has 70 valence electrons. The zero-order valence-electron chi connectivity index (χ0n) is 7.51. The van der Waals surface area contributed by atoms with Gasteiger partial charge >= 0.3 is 0 Å². The number of halogens is 1. The highest BCUT2D eigenvalue weighted by atomic mass is 35.5. The van der Waals surface area contributed by atoms with Crippen molar-refractivity contribution in [1.29, 1.82) is 0 Å². The number of fused-ring (bicyclic) bond motifs is 1. The van der Waals surface area contributed by atoms with Crippen LogP contribution >= 0.6 is 11.6 Å². The van der Waals surface area contributed by atoms with Gasteiger partial charge in [-0.15, -0.1) is 0 Å². The molecule has 0 bridgehead atoms. The Kier molecular flexibility index (Phi) is 2.42. The molecule has 1 unspecified atom stereocenters. The number of benzene rings is 1. The zero-order chi connectivity index (χ0) is 9.26. The Morgan fingerprint density at radius 2 is 2.38 bits per heavy atom. The summed E-state index contributed by atoms with van der Waals surface area (Å²) in [4.78, 5) is 0. The first-order valence-electron chi connectivity index (χ1n) is 4.38. The third kappa shape index (κ3) is 1.79. The molecule has 0 saturated carbocycles.